The van der Waals surface area contributed by atoms with E-state index in [0.717, 1.165) is 31.6 Å². The Morgan fingerprint density at radius 2 is 2.32 bits per heavy atom. The maximum absolute atomic E-state index is 13.9. The van der Waals surface area contributed by atoms with Gasteiger partial charge in [-0.3, -0.25) is 4.90 Å². The smallest absolute Gasteiger partial charge is 0.131 e. The first kappa shape index (κ1) is 14.3. The van der Waals surface area contributed by atoms with Gasteiger partial charge in [0.15, 0.2) is 0 Å². The largest absolute Gasteiger partial charge is 0.497 e. The monoisotopic (exact) mass is 266 g/mol. The van der Waals surface area contributed by atoms with Crippen molar-refractivity contribution in [2.24, 2.45) is 11.7 Å². The van der Waals surface area contributed by atoms with E-state index in [1.165, 1.54) is 18.9 Å². The van der Waals surface area contributed by atoms with Gasteiger partial charge in [-0.25, -0.2) is 4.39 Å². The Balaban J connectivity index is 1.96. The highest BCUT2D eigenvalue weighted by molar-refractivity contribution is 5.28. The third-order valence-corrected chi connectivity index (χ3v) is 3.83. The SMILES string of the molecule is COc1ccc(CN2CCCC(CCN)C2)c(F)c1. The third kappa shape index (κ3) is 3.91. The number of likely N-dealkylation sites (tertiary alicyclic amines) is 1. The fourth-order valence-electron chi connectivity index (χ4n) is 2.79. The van der Waals surface area contributed by atoms with Gasteiger partial charge in [0, 0.05) is 24.7 Å². The van der Waals surface area contributed by atoms with Crippen LogP contribution < -0.4 is 10.5 Å². The Kier molecular flexibility index (Phi) is 5.16. The van der Waals surface area contributed by atoms with E-state index < -0.39 is 0 Å². The molecule has 0 bridgehead atoms. The Morgan fingerprint density at radius 1 is 1.47 bits per heavy atom. The number of hydrogen-bond donors (Lipinski definition) is 1. The van der Waals surface area contributed by atoms with Crippen LogP contribution in [0.3, 0.4) is 0 Å². The van der Waals surface area contributed by atoms with E-state index >= 15 is 0 Å². The molecule has 1 fully saturated rings. The lowest BCUT2D eigenvalue weighted by Crippen LogP contribution is -2.35. The summed E-state index contributed by atoms with van der Waals surface area (Å²) in [4.78, 5) is 2.33. The van der Waals surface area contributed by atoms with Gasteiger partial charge in [0.05, 0.1) is 7.11 Å². The molecule has 0 amide bonds. The maximum Gasteiger partial charge on any atom is 0.131 e. The molecule has 19 heavy (non-hydrogen) atoms. The number of nitrogens with zero attached hydrogens (tertiary/aromatic N) is 1. The Morgan fingerprint density at radius 3 is 3.00 bits per heavy atom. The fraction of sp³-hybridized carbons (Fsp3) is 0.600. The average Bonchev–Trinajstić information content (AvgIpc) is 2.42. The summed E-state index contributed by atoms with van der Waals surface area (Å²) in [6.07, 6.45) is 3.50. The second-order valence-electron chi connectivity index (χ2n) is 5.28. The predicted molar refractivity (Wildman–Crippen MR) is 74.6 cm³/mol. The van der Waals surface area contributed by atoms with E-state index in [9.17, 15) is 4.39 Å². The third-order valence-electron chi connectivity index (χ3n) is 3.83. The molecule has 1 aromatic carbocycles. The molecule has 0 aliphatic carbocycles. The molecule has 0 spiro atoms. The van der Waals surface area contributed by atoms with Gasteiger partial charge >= 0.3 is 0 Å². The first-order chi connectivity index (χ1) is 9.22. The van der Waals surface area contributed by atoms with Crippen molar-refractivity contribution in [3.8, 4) is 5.75 Å². The van der Waals surface area contributed by atoms with Gasteiger partial charge in [-0.15, -0.1) is 0 Å². The lowest BCUT2D eigenvalue weighted by molar-refractivity contribution is 0.161. The molecule has 2 rings (SSSR count). The van der Waals surface area contributed by atoms with Gasteiger partial charge in [-0.05, 0) is 44.3 Å². The minimum atomic E-state index is -0.180. The zero-order chi connectivity index (χ0) is 13.7. The minimum Gasteiger partial charge on any atom is -0.497 e. The van der Waals surface area contributed by atoms with Crippen molar-refractivity contribution in [3.05, 3.63) is 29.6 Å². The highest BCUT2D eigenvalue weighted by atomic mass is 19.1. The van der Waals surface area contributed by atoms with Gasteiger partial charge in [-0.1, -0.05) is 6.07 Å². The van der Waals surface area contributed by atoms with Crippen molar-refractivity contribution in [2.75, 3.05) is 26.7 Å². The summed E-state index contributed by atoms with van der Waals surface area (Å²) in [5.41, 5.74) is 6.37. The van der Waals surface area contributed by atoms with Crippen LogP contribution in [-0.2, 0) is 6.54 Å². The number of nitrogens with two attached hydrogens (primary N) is 1. The molecular weight excluding hydrogens is 243 g/mol. The number of rotatable bonds is 5. The lowest BCUT2D eigenvalue weighted by Gasteiger charge is -2.32. The molecule has 1 saturated heterocycles. The normalized spacial score (nSPS) is 20.5. The molecule has 0 radical (unpaired) electrons. The summed E-state index contributed by atoms with van der Waals surface area (Å²) in [5, 5.41) is 0. The van der Waals surface area contributed by atoms with Crippen LogP contribution in [0.5, 0.6) is 5.75 Å². The van der Waals surface area contributed by atoms with E-state index in [2.05, 4.69) is 4.90 Å². The summed E-state index contributed by atoms with van der Waals surface area (Å²) in [6.45, 7) is 3.50. The molecule has 2 N–H and O–H groups in total. The van der Waals surface area contributed by atoms with E-state index in [4.69, 9.17) is 10.5 Å². The minimum absolute atomic E-state index is 0.180. The number of piperidine rings is 1. The summed E-state index contributed by atoms with van der Waals surface area (Å²) < 4.78 is 18.9. The van der Waals surface area contributed by atoms with Crippen LogP contribution in [-0.4, -0.2) is 31.6 Å². The number of ether oxygens (including phenoxy) is 1. The highest BCUT2D eigenvalue weighted by Crippen LogP contribution is 2.23. The molecular formula is C15H23FN2O. The molecule has 0 aromatic heterocycles. The first-order valence-corrected chi connectivity index (χ1v) is 6.97. The molecule has 0 saturated carbocycles. The van der Waals surface area contributed by atoms with Crippen LogP contribution in [0, 0.1) is 11.7 Å². The number of halogens is 1. The molecule has 1 heterocycles. The van der Waals surface area contributed by atoms with E-state index in [0.29, 0.717) is 18.2 Å². The summed E-state index contributed by atoms with van der Waals surface area (Å²) >= 11 is 0. The second kappa shape index (κ2) is 6.87. The van der Waals surface area contributed by atoms with Gasteiger partial charge in [-0.2, -0.15) is 0 Å². The van der Waals surface area contributed by atoms with Crippen molar-refractivity contribution >= 4 is 0 Å². The fourth-order valence-corrected chi connectivity index (χ4v) is 2.79. The zero-order valence-corrected chi connectivity index (χ0v) is 11.6. The van der Waals surface area contributed by atoms with Crippen molar-refractivity contribution in [2.45, 2.75) is 25.8 Å². The van der Waals surface area contributed by atoms with E-state index in [1.807, 2.05) is 12.1 Å². The molecule has 1 unspecified atom stereocenters. The van der Waals surface area contributed by atoms with Crippen molar-refractivity contribution in [1.29, 1.82) is 0 Å². The zero-order valence-electron chi connectivity index (χ0n) is 11.6. The van der Waals surface area contributed by atoms with E-state index in [-0.39, 0.29) is 5.82 Å². The molecule has 4 heteroatoms. The predicted octanol–water partition coefficient (Wildman–Crippen LogP) is 2.40. The summed E-state index contributed by atoms with van der Waals surface area (Å²) in [7, 11) is 1.55. The molecule has 106 valence electrons. The number of benzene rings is 1. The number of methoxy groups -OCH3 is 1. The molecule has 1 atom stereocenters. The Hall–Kier alpha value is -1.13. The van der Waals surface area contributed by atoms with Gasteiger partial charge in [0.2, 0.25) is 0 Å². The molecule has 1 aromatic rings. The van der Waals surface area contributed by atoms with Crippen LogP contribution in [0.25, 0.3) is 0 Å². The van der Waals surface area contributed by atoms with Crippen molar-refractivity contribution in [3.63, 3.8) is 0 Å². The van der Waals surface area contributed by atoms with Gasteiger partial charge in [0.1, 0.15) is 11.6 Å². The first-order valence-electron chi connectivity index (χ1n) is 6.97. The maximum atomic E-state index is 13.9. The van der Waals surface area contributed by atoms with Crippen LogP contribution >= 0.6 is 0 Å². The standard InChI is InChI=1S/C15H23FN2O/c1-19-14-5-4-13(15(16)9-14)11-18-8-2-3-12(10-18)6-7-17/h4-5,9,12H,2-3,6-8,10-11,17H2,1H3. The topological polar surface area (TPSA) is 38.5 Å². The Labute approximate surface area is 114 Å². The van der Waals surface area contributed by atoms with Gasteiger partial charge in [0.25, 0.3) is 0 Å². The van der Waals surface area contributed by atoms with Crippen molar-refractivity contribution in [1.82, 2.24) is 4.90 Å². The molecule has 3 nitrogen and oxygen atoms in total. The highest BCUT2D eigenvalue weighted by Gasteiger charge is 2.20. The Bertz CT molecular complexity index is 409. The quantitative estimate of drug-likeness (QED) is 0.889. The molecule has 1 aliphatic heterocycles. The second-order valence-corrected chi connectivity index (χ2v) is 5.28. The van der Waals surface area contributed by atoms with Crippen LogP contribution in [0.15, 0.2) is 18.2 Å². The van der Waals surface area contributed by atoms with Crippen LogP contribution in [0.4, 0.5) is 4.39 Å². The van der Waals surface area contributed by atoms with Crippen LogP contribution in [0.1, 0.15) is 24.8 Å². The van der Waals surface area contributed by atoms with Gasteiger partial charge < -0.3 is 10.5 Å². The van der Waals surface area contributed by atoms with Crippen molar-refractivity contribution < 1.29 is 9.13 Å². The average molecular weight is 266 g/mol. The summed E-state index contributed by atoms with van der Waals surface area (Å²) in [5.74, 6) is 1.06. The van der Waals surface area contributed by atoms with Crippen LogP contribution in [0.2, 0.25) is 0 Å². The van der Waals surface area contributed by atoms with E-state index in [1.54, 1.807) is 7.11 Å². The summed E-state index contributed by atoms with van der Waals surface area (Å²) in [6, 6.07) is 5.09. The lowest BCUT2D eigenvalue weighted by atomic mass is 9.94. The number of hydrogen-bond acceptors (Lipinski definition) is 3. The molecule has 1 aliphatic rings.